The lowest BCUT2D eigenvalue weighted by molar-refractivity contribution is -0.485. The highest BCUT2D eigenvalue weighted by Crippen LogP contribution is 2.16. The van der Waals surface area contributed by atoms with Gasteiger partial charge in [-0.05, 0) is 77.4 Å². The predicted molar refractivity (Wildman–Crippen MR) is 206 cm³/mol. The van der Waals surface area contributed by atoms with Gasteiger partial charge >= 0.3 is 11.9 Å². The van der Waals surface area contributed by atoms with Crippen molar-refractivity contribution in [3.05, 3.63) is 10.1 Å². The van der Waals surface area contributed by atoms with Gasteiger partial charge in [0.25, 0.3) is 5.96 Å². The van der Waals surface area contributed by atoms with Gasteiger partial charge in [0.15, 0.2) is 5.03 Å². The van der Waals surface area contributed by atoms with Crippen molar-refractivity contribution in [1.29, 1.82) is 0 Å². The lowest BCUT2D eigenvalue weighted by atomic mass is 10.1. The first kappa shape index (κ1) is 47.6. The van der Waals surface area contributed by atoms with Crippen molar-refractivity contribution in [3.8, 4) is 0 Å². The summed E-state index contributed by atoms with van der Waals surface area (Å²) in [5.74, 6) is 0.167. The summed E-state index contributed by atoms with van der Waals surface area (Å²) in [6.45, 7) is 10.7. The highest BCUT2D eigenvalue weighted by Gasteiger charge is 2.14. The number of guanidine groups is 1. The first-order valence-corrected chi connectivity index (χ1v) is 20.4. The number of nitro groups is 1. The Morgan fingerprint density at radius 1 is 0.660 bits per heavy atom. The second-order valence-electron chi connectivity index (χ2n) is 14.1. The van der Waals surface area contributed by atoms with E-state index >= 15 is 0 Å². The number of carbonyl (C=O) groups excluding carboxylic acids is 2. The Balaban J connectivity index is 4.44. The number of hydrazone groups is 1. The molecule has 0 aromatic heterocycles. The number of esters is 2. The number of nitrogens with one attached hydrogen (secondary N) is 1. The van der Waals surface area contributed by atoms with Crippen LogP contribution in [0.3, 0.4) is 0 Å². The monoisotopic (exact) mass is 712 g/mol. The molecule has 294 valence electrons. The fourth-order valence-corrected chi connectivity index (χ4v) is 5.99. The molecule has 1 unspecified atom stereocenters. The number of carbonyl (C=O) groups is 2. The molecular formula is C39H77N5O6. The smallest absolute Gasteiger partial charge is 0.306 e. The molecule has 0 aliphatic rings. The van der Waals surface area contributed by atoms with Crippen molar-refractivity contribution in [2.75, 3.05) is 46.9 Å². The molecule has 0 aliphatic carbocycles. The summed E-state index contributed by atoms with van der Waals surface area (Å²) in [5.41, 5.74) is 0. The minimum atomic E-state index is -0.672. The average molecular weight is 712 g/mol. The topological polar surface area (TPSA) is 127 Å². The Bertz CT molecular complexity index is 857. The van der Waals surface area contributed by atoms with Gasteiger partial charge in [-0.15, -0.1) is 0 Å². The quantitative estimate of drug-likeness (QED) is 0.0171. The average Bonchev–Trinajstić information content (AvgIpc) is 3.08. The standard InChI is InChI=1S/C39H77N5O6/c1-6-9-12-19-25-35-49-37(45)29-21-15-13-17-23-32-43(34-26-31-40-39(42(4)5)41-44(47)48)33-24-18-14-16-22-30-38(46)50-36(27-11-8-3)28-20-10-7-2/h36H,6-35H2,1-5H3,(H,40,41). The molecule has 0 aliphatic heterocycles. The van der Waals surface area contributed by atoms with Crippen LogP contribution in [-0.4, -0.2) is 85.7 Å². The second kappa shape index (κ2) is 35.0. The lowest BCUT2D eigenvalue weighted by Gasteiger charge is -2.23. The Labute approximate surface area is 306 Å². The molecule has 0 bridgehead atoms. The van der Waals surface area contributed by atoms with E-state index in [9.17, 15) is 19.7 Å². The largest absolute Gasteiger partial charge is 0.466 e. The van der Waals surface area contributed by atoms with Crippen LogP contribution in [0.5, 0.6) is 0 Å². The van der Waals surface area contributed by atoms with Crippen molar-refractivity contribution in [1.82, 2.24) is 15.1 Å². The number of ether oxygens (including phenoxy) is 2. The van der Waals surface area contributed by atoms with E-state index in [-0.39, 0.29) is 24.0 Å². The van der Waals surface area contributed by atoms with Crippen molar-refractivity contribution in [2.24, 2.45) is 5.10 Å². The van der Waals surface area contributed by atoms with Gasteiger partial charge in [-0.25, -0.2) is 10.1 Å². The molecule has 0 radical (unpaired) electrons. The van der Waals surface area contributed by atoms with E-state index in [1.807, 2.05) is 0 Å². The second-order valence-corrected chi connectivity index (χ2v) is 14.1. The minimum absolute atomic E-state index is 0.0313. The molecule has 0 amide bonds. The van der Waals surface area contributed by atoms with Crippen LogP contribution in [0, 0.1) is 10.1 Å². The highest BCUT2D eigenvalue weighted by atomic mass is 16.7. The molecule has 0 rings (SSSR count). The molecule has 0 saturated carbocycles. The number of unbranched alkanes of at least 4 members (excludes halogenated alkanes) is 15. The molecule has 1 N–H and O–H groups in total. The fraction of sp³-hybridized carbons (Fsp3) is 0.923. The Morgan fingerprint density at radius 2 is 1.16 bits per heavy atom. The van der Waals surface area contributed by atoms with Gasteiger partial charge in [-0.3, -0.25) is 9.59 Å². The third kappa shape index (κ3) is 31.5. The highest BCUT2D eigenvalue weighted by molar-refractivity contribution is 5.78. The van der Waals surface area contributed by atoms with Crippen molar-refractivity contribution in [2.45, 2.75) is 187 Å². The molecule has 50 heavy (non-hydrogen) atoms. The van der Waals surface area contributed by atoms with Gasteiger partial charge < -0.3 is 24.6 Å². The van der Waals surface area contributed by atoms with Crippen LogP contribution in [0.25, 0.3) is 0 Å². The van der Waals surface area contributed by atoms with E-state index in [1.165, 1.54) is 32.1 Å². The van der Waals surface area contributed by atoms with E-state index < -0.39 is 5.03 Å². The van der Waals surface area contributed by atoms with Crippen LogP contribution in [0.15, 0.2) is 5.10 Å². The maximum absolute atomic E-state index is 12.5. The maximum Gasteiger partial charge on any atom is 0.306 e. The fourth-order valence-electron chi connectivity index (χ4n) is 5.99. The van der Waals surface area contributed by atoms with Crippen LogP contribution in [0.2, 0.25) is 0 Å². The summed E-state index contributed by atoms with van der Waals surface area (Å²) in [7, 11) is 3.48. The molecule has 0 aromatic carbocycles. The number of rotatable bonds is 35. The van der Waals surface area contributed by atoms with Crippen LogP contribution >= 0.6 is 0 Å². The first-order valence-electron chi connectivity index (χ1n) is 20.4. The van der Waals surface area contributed by atoms with E-state index in [4.69, 9.17) is 9.47 Å². The normalized spacial score (nSPS) is 12.2. The predicted octanol–water partition coefficient (Wildman–Crippen LogP) is 9.25. The molecule has 0 aromatic rings. The zero-order valence-corrected chi connectivity index (χ0v) is 33.0. The molecule has 1 atom stereocenters. The van der Waals surface area contributed by atoms with Gasteiger partial charge in [0, 0.05) is 33.5 Å². The van der Waals surface area contributed by atoms with E-state index in [2.05, 4.69) is 36.1 Å². The van der Waals surface area contributed by atoms with Gasteiger partial charge in [0.2, 0.25) is 0 Å². The summed E-state index contributed by atoms with van der Waals surface area (Å²) >= 11 is 0. The van der Waals surface area contributed by atoms with Gasteiger partial charge in [0.1, 0.15) is 11.2 Å². The van der Waals surface area contributed by atoms with Crippen LogP contribution < -0.4 is 5.32 Å². The summed E-state index contributed by atoms with van der Waals surface area (Å²) in [6, 6.07) is 0. The zero-order chi connectivity index (χ0) is 37.1. The molecular weight excluding hydrogens is 634 g/mol. The third-order valence-corrected chi connectivity index (χ3v) is 9.06. The lowest BCUT2D eigenvalue weighted by Crippen LogP contribution is -2.38. The van der Waals surface area contributed by atoms with Crippen molar-refractivity contribution < 1.29 is 24.1 Å². The SMILES string of the molecule is CCCCCCCOC(=O)CCCCCCCN(CCCCCCCC(=O)OC(CCCC)CCCCC)CCCN/C(=N/[N+](=O)[O-])N(C)C. The van der Waals surface area contributed by atoms with Crippen LogP contribution in [0.1, 0.15) is 181 Å². The summed E-state index contributed by atoms with van der Waals surface area (Å²) in [4.78, 5) is 39.4. The number of hydrogen-bond donors (Lipinski definition) is 1. The van der Waals surface area contributed by atoms with E-state index in [0.717, 1.165) is 135 Å². The number of nitrogens with zero attached hydrogens (tertiary/aromatic N) is 4. The molecule has 0 spiro atoms. The third-order valence-electron chi connectivity index (χ3n) is 9.06. The van der Waals surface area contributed by atoms with Gasteiger partial charge in [0.05, 0.1) is 6.61 Å². The maximum atomic E-state index is 12.5. The van der Waals surface area contributed by atoms with Crippen molar-refractivity contribution >= 4 is 17.9 Å². The summed E-state index contributed by atoms with van der Waals surface area (Å²) < 4.78 is 11.2. The molecule has 11 nitrogen and oxygen atoms in total. The summed E-state index contributed by atoms with van der Waals surface area (Å²) in [5, 5.41) is 16.7. The number of hydrogen-bond acceptors (Lipinski definition) is 7. The van der Waals surface area contributed by atoms with Crippen LogP contribution in [0.4, 0.5) is 0 Å². The molecule has 11 heteroatoms. The molecule has 0 heterocycles. The minimum Gasteiger partial charge on any atom is -0.466 e. The van der Waals surface area contributed by atoms with Crippen LogP contribution in [-0.2, 0) is 19.1 Å². The van der Waals surface area contributed by atoms with Crippen molar-refractivity contribution in [3.63, 3.8) is 0 Å². The first-order chi connectivity index (χ1) is 24.2. The molecule has 0 fully saturated rings. The zero-order valence-electron chi connectivity index (χ0n) is 33.0. The van der Waals surface area contributed by atoms with E-state index in [1.54, 1.807) is 19.0 Å². The molecule has 0 saturated heterocycles. The van der Waals surface area contributed by atoms with Gasteiger partial charge in [-0.2, -0.15) is 0 Å². The summed E-state index contributed by atoms with van der Waals surface area (Å²) in [6.07, 6.45) is 26.1. The Kier molecular flexibility index (Phi) is 33.3. The van der Waals surface area contributed by atoms with E-state index in [0.29, 0.717) is 26.0 Å². The Hall–Kier alpha value is -2.43. The van der Waals surface area contributed by atoms with Gasteiger partial charge in [-0.1, -0.05) is 111 Å². The Morgan fingerprint density at radius 3 is 1.76 bits per heavy atom.